The van der Waals surface area contributed by atoms with Crippen LogP contribution in [-0.2, 0) is 13.2 Å². The van der Waals surface area contributed by atoms with Crippen LogP contribution in [0.5, 0.6) is 5.75 Å². The van der Waals surface area contributed by atoms with Crippen molar-refractivity contribution in [2.45, 2.75) is 20.1 Å². The van der Waals surface area contributed by atoms with Crippen molar-refractivity contribution in [3.8, 4) is 5.75 Å². The Balaban J connectivity index is 2.65. The fourth-order valence-electron chi connectivity index (χ4n) is 1.53. The van der Waals surface area contributed by atoms with E-state index in [2.05, 4.69) is 15.2 Å². The summed E-state index contributed by atoms with van der Waals surface area (Å²) in [6.07, 6.45) is 1.61. The number of aryl methyl sites for hydroxylation is 1. The number of hydrogen-bond acceptors (Lipinski definition) is 5. The molecule has 5 heteroatoms. The molecule has 1 rings (SSSR count). The van der Waals surface area contributed by atoms with E-state index in [1.54, 1.807) is 13.1 Å². The van der Waals surface area contributed by atoms with E-state index in [0.717, 1.165) is 18.7 Å². The Labute approximate surface area is 102 Å². The average Bonchev–Trinajstić information content (AvgIpc) is 2.29. The van der Waals surface area contributed by atoms with E-state index in [4.69, 9.17) is 0 Å². The smallest absolute Gasteiger partial charge is 0.141 e. The van der Waals surface area contributed by atoms with Gasteiger partial charge in [-0.15, -0.1) is 0 Å². The molecule has 0 amide bonds. The number of likely N-dealkylation sites (N-methyl/N-ethyl adjacent to an activating group) is 1. The highest BCUT2D eigenvalue weighted by Crippen LogP contribution is 2.23. The molecule has 0 unspecified atom stereocenters. The van der Waals surface area contributed by atoms with Gasteiger partial charge >= 0.3 is 0 Å². The van der Waals surface area contributed by atoms with Gasteiger partial charge in [-0.2, -0.15) is 0 Å². The molecular formula is C12H21N3O2. The molecule has 17 heavy (non-hydrogen) atoms. The molecule has 0 saturated carbocycles. The summed E-state index contributed by atoms with van der Waals surface area (Å²) < 4.78 is 0. The van der Waals surface area contributed by atoms with Crippen LogP contribution in [0.2, 0.25) is 0 Å². The molecule has 5 nitrogen and oxygen atoms in total. The number of pyridine rings is 1. The Morgan fingerprint density at radius 1 is 1.41 bits per heavy atom. The zero-order valence-electron chi connectivity index (χ0n) is 10.7. The van der Waals surface area contributed by atoms with Gasteiger partial charge < -0.3 is 20.4 Å². The van der Waals surface area contributed by atoms with E-state index >= 15 is 0 Å². The lowest BCUT2D eigenvalue weighted by atomic mass is 10.1. The molecule has 1 aromatic rings. The van der Waals surface area contributed by atoms with Crippen LogP contribution in [-0.4, -0.2) is 47.3 Å². The highest BCUT2D eigenvalue weighted by Gasteiger charge is 2.10. The average molecular weight is 239 g/mol. The molecule has 3 N–H and O–H groups in total. The van der Waals surface area contributed by atoms with E-state index in [0.29, 0.717) is 17.8 Å². The van der Waals surface area contributed by atoms with Crippen LogP contribution in [0.4, 0.5) is 0 Å². The first kappa shape index (κ1) is 13.9. The van der Waals surface area contributed by atoms with Gasteiger partial charge in [0.25, 0.3) is 0 Å². The van der Waals surface area contributed by atoms with Crippen molar-refractivity contribution in [1.29, 1.82) is 0 Å². The first-order chi connectivity index (χ1) is 8.06. The Bertz CT molecular complexity index is 367. The molecule has 0 saturated heterocycles. The summed E-state index contributed by atoms with van der Waals surface area (Å²) in [5.74, 6) is 0.175. The minimum absolute atomic E-state index is 0.106. The van der Waals surface area contributed by atoms with Crippen molar-refractivity contribution in [2.24, 2.45) is 0 Å². The Hall–Kier alpha value is -1.17. The topological polar surface area (TPSA) is 68.6 Å². The maximum atomic E-state index is 9.89. The molecule has 0 radical (unpaired) electrons. The zero-order chi connectivity index (χ0) is 12.8. The fraction of sp³-hybridized carbons (Fsp3) is 0.583. The molecule has 0 aliphatic carbocycles. The van der Waals surface area contributed by atoms with Crippen LogP contribution in [0.3, 0.4) is 0 Å². The van der Waals surface area contributed by atoms with E-state index in [-0.39, 0.29) is 12.4 Å². The molecule has 1 heterocycles. The number of nitrogens with zero attached hydrogens (tertiary/aromatic N) is 2. The largest absolute Gasteiger partial charge is 0.506 e. The van der Waals surface area contributed by atoms with Gasteiger partial charge in [-0.25, -0.2) is 0 Å². The minimum atomic E-state index is -0.106. The quantitative estimate of drug-likeness (QED) is 0.620. The second kappa shape index (κ2) is 6.54. The van der Waals surface area contributed by atoms with Gasteiger partial charge in [-0.05, 0) is 21.0 Å². The highest BCUT2D eigenvalue weighted by atomic mass is 16.3. The third kappa shape index (κ3) is 3.96. The number of hydrogen-bond donors (Lipinski definition) is 3. The van der Waals surface area contributed by atoms with E-state index in [9.17, 15) is 10.2 Å². The first-order valence-corrected chi connectivity index (χ1v) is 5.69. The first-order valence-electron chi connectivity index (χ1n) is 5.69. The Kier molecular flexibility index (Phi) is 5.34. The minimum Gasteiger partial charge on any atom is -0.506 e. The van der Waals surface area contributed by atoms with Gasteiger partial charge in [0.1, 0.15) is 5.75 Å². The zero-order valence-corrected chi connectivity index (χ0v) is 10.7. The van der Waals surface area contributed by atoms with E-state index in [1.165, 1.54) is 0 Å². The molecule has 0 aliphatic rings. The van der Waals surface area contributed by atoms with Crippen molar-refractivity contribution >= 4 is 0 Å². The van der Waals surface area contributed by atoms with Crippen LogP contribution < -0.4 is 5.32 Å². The highest BCUT2D eigenvalue weighted by molar-refractivity contribution is 5.40. The lowest BCUT2D eigenvalue weighted by Gasteiger charge is -2.14. The Morgan fingerprint density at radius 3 is 2.71 bits per heavy atom. The third-order valence-corrected chi connectivity index (χ3v) is 2.64. The monoisotopic (exact) mass is 239 g/mol. The van der Waals surface area contributed by atoms with Crippen LogP contribution in [0.25, 0.3) is 0 Å². The fourth-order valence-corrected chi connectivity index (χ4v) is 1.53. The van der Waals surface area contributed by atoms with Crippen LogP contribution in [0.1, 0.15) is 16.8 Å². The number of nitrogens with one attached hydrogen (secondary N) is 1. The molecular weight excluding hydrogens is 218 g/mol. The summed E-state index contributed by atoms with van der Waals surface area (Å²) in [6.45, 7) is 3.95. The predicted octanol–water partition coefficient (Wildman–Crippen LogP) is 0.239. The molecule has 96 valence electrons. The lowest BCUT2D eigenvalue weighted by molar-refractivity contribution is 0.278. The van der Waals surface area contributed by atoms with Crippen LogP contribution in [0.15, 0.2) is 6.20 Å². The molecule has 1 aromatic heterocycles. The number of aliphatic hydroxyl groups excluding tert-OH is 1. The number of aliphatic hydroxyl groups is 1. The summed E-state index contributed by atoms with van der Waals surface area (Å²) >= 11 is 0. The van der Waals surface area contributed by atoms with Gasteiger partial charge in [-0.3, -0.25) is 4.98 Å². The van der Waals surface area contributed by atoms with Crippen molar-refractivity contribution in [3.63, 3.8) is 0 Å². The third-order valence-electron chi connectivity index (χ3n) is 2.64. The van der Waals surface area contributed by atoms with Gasteiger partial charge in [-0.1, -0.05) is 0 Å². The van der Waals surface area contributed by atoms with Crippen LogP contribution >= 0.6 is 0 Å². The van der Waals surface area contributed by atoms with Gasteiger partial charge in [0, 0.05) is 37.0 Å². The lowest BCUT2D eigenvalue weighted by Crippen LogP contribution is -2.26. The molecule has 0 fully saturated rings. The molecule has 0 spiro atoms. The molecule has 0 bridgehead atoms. The van der Waals surface area contributed by atoms with Gasteiger partial charge in [0.05, 0.1) is 12.3 Å². The van der Waals surface area contributed by atoms with Crippen LogP contribution in [0, 0.1) is 6.92 Å². The summed E-state index contributed by atoms with van der Waals surface area (Å²) in [5, 5.41) is 22.3. The van der Waals surface area contributed by atoms with Crippen molar-refractivity contribution in [3.05, 3.63) is 23.0 Å². The number of rotatable bonds is 6. The summed E-state index contributed by atoms with van der Waals surface area (Å²) in [5.41, 5.74) is 2.00. The van der Waals surface area contributed by atoms with E-state index in [1.807, 2.05) is 14.1 Å². The van der Waals surface area contributed by atoms with Gasteiger partial charge in [0.2, 0.25) is 0 Å². The van der Waals surface area contributed by atoms with Crippen molar-refractivity contribution < 1.29 is 10.2 Å². The second-order valence-electron chi connectivity index (χ2n) is 4.33. The SMILES string of the molecule is Cc1ncc(CO)c(CNCCN(C)C)c1O. The van der Waals surface area contributed by atoms with Crippen molar-refractivity contribution in [2.75, 3.05) is 27.2 Å². The standard InChI is InChI=1S/C12H21N3O2/c1-9-12(17)11(10(8-16)6-14-9)7-13-4-5-15(2)3/h6,13,16-17H,4-5,7-8H2,1-3H3. The molecule has 0 atom stereocenters. The Morgan fingerprint density at radius 2 is 2.12 bits per heavy atom. The van der Waals surface area contributed by atoms with E-state index < -0.39 is 0 Å². The predicted molar refractivity (Wildman–Crippen MR) is 66.8 cm³/mol. The van der Waals surface area contributed by atoms with Gasteiger partial charge in [0.15, 0.2) is 0 Å². The normalized spacial score (nSPS) is 11.1. The van der Waals surface area contributed by atoms with Crippen molar-refractivity contribution in [1.82, 2.24) is 15.2 Å². The second-order valence-corrected chi connectivity index (χ2v) is 4.33. The molecule has 0 aromatic carbocycles. The maximum Gasteiger partial charge on any atom is 0.141 e. The summed E-state index contributed by atoms with van der Waals surface area (Å²) in [4.78, 5) is 6.10. The maximum absolute atomic E-state index is 9.89. The summed E-state index contributed by atoms with van der Waals surface area (Å²) in [7, 11) is 4.02. The summed E-state index contributed by atoms with van der Waals surface area (Å²) in [6, 6.07) is 0. The molecule has 0 aliphatic heterocycles. The number of aromatic hydroxyl groups is 1. The number of aromatic nitrogens is 1.